The highest BCUT2D eigenvalue weighted by Crippen LogP contribution is 2.31. The molecule has 0 fully saturated rings. The Balaban J connectivity index is 1.96. The van der Waals surface area contributed by atoms with Gasteiger partial charge in [-0.1, -0.05) is 42.1 Å². The number of aromatic carboxylic acids is 1. The second-order valence-corrected chi connectivity index (χ2v) is 4.80. The Morgan fingerprint density at radius 2 is 2.11 bits per heavy atom. The lowest BCUT2D eigenvalue weighted by Gasteiger charge is -2.08. The number of allylic oxidation sites excluding steroid dienone is 1. The van der Waals surface area contributed by atoms with E-state index in [0.29, 0.717) is 5.03 Å². The van der Waals surface area contributed by atoms with Gasteiger partial charge in [-0.3, -0.25) is 0 Å². The Morgan fingerprint density at radius 1 is 1.32 bits per heavy atom. The fourth-order valence-corrected chi connectivity index (χ4v) is 2.50. The molecule has 1 N–H and O–H groups in total. The summed E-state index contributed by atoms with van der Waals surface area (Å²) in [6.07, 6.45) is 3.56. The first-order valence-electron chi connectivity index (χ1n) is 5.42. The molecule has 3 rings (SSSR count). The first-order valence-corrected chi connectivity index (χ1v) is 6.23. The highest BCUT2D eigenvalue weighted by Gasteiger charge is 2.22. The SMILES string of the molecule is O=C(O)c1nnn2c1SC(=Cc1ccccc1)C=N2. The third-order valence-corrected chi connectivity index (χ3v) is 3.44. The molecule has 0 aliphatic carbocycles. The molecule has 94 valence electrons. The van der Waals surface area contributed by atoms with Crippen molar-refractivity contribution in [1.29, 1.82) is 0 Å². The van der Waals surface area contributed by atoms with Crippen LogP contribution in [0.15, 0.2) is 45.4 Å². The molecule has 0 amide bonds. The summed E-state index contributed by atoms with van der Waals surface area (Å²) in [6.45, 7) is 0. The lowest BCUT2D eigenvalue weighted by molar-refractivity contribution is 0.0686. The van der Waals surface area contributed by atoms with Gasteiger partial charge < -0.3 is 5.11 Å². The van der Waals surface area contributed by atoms with Gasteiger partial charge in [0.25, 0.3) is 0 Å². The van der Waals surface area contributed by atoms with Crippen molar-refractivity contribution in [3.05, 3.63) is 46.5 Å². The Labute approximate surface area is 112 Å². The first-order chi connectivity index (χ1) is 9.24. The summed E-state index contributed by atoms with van der Waals surface area (Å²) in [4.78, 5) is 13.1. The van der Waals surface area contributed by atoms with Gasteiger partial charge in [-0.25, -0.2) is 4.79 Å². The molecule has 1 aliphatic rings. The standard InChI is InChI=1S/C12H8N4O2S/c17-12(18)10-11-16(15-14-10)13-7-9(19-11)6-8-4-2-1-3-5-8/h1-7H,(H,17,18). The van der Waals surface area contributed by atoms with Crippen LogP contribution in [-0.2, 0) is 0 Å². The Hall–Kier alpha value is -2.41. The van der Waals surface area contributed by atoms with Crippen LogP contribution in [0.1, 0.15) is 16.1 Å². The molecule has 0 radical (unpaired) electrons. The minimum Gasteiger partial charge on any atom is -0.476 e. The molecule has 19 heavy (non-hydrogen) atoms. The maximum atomic E-state index is 11.0. The van der Waals surface area contributed by atoms with Crippen molar-refractivity contribution in [2.24, 2.45) is 5.10 Å². The van der Waals surface area contributed by atoms with Crippen molar-refractivity contribution >= 4 is 30.0 Å². The van der Waals surface area contributed by atoms with E-state index in [9.17, 15) is 4.79 Å². The number of rotatable bonds is 2. The highest BCUT2D eigenvalue weighted by molar-refractivity contribution is 8.04. The summed E-state index contributed by atoms with van der Waals surface area (Å²) in [6, 6.07) is 9.73. The van der Waals surface area contributed by atoms with Crippen LogP contribution in [0, 0.1) is 0 Å². The van der Waals surface area contributed by atoms with Gasteiger partial charge in [-0.2, -0.15) is 5.10 Å². The summed E-state index contributed by atoms with van der Waals surface area (Å²) >= 11 is 1.28. The van der Waals surface area contributed by atoms with Crippen LogP contribution in [-0.4, -0.2) is 32.4 Å². The van der Waals surface area contributed by atoms with Gasteiger partial charge in [0.05, 0.1) is 6.21 Å². The monoisotopic (exact) mass is 272 g/mol. The smallest absolute Gasteiger partial charge is 0.359 e. The zero-order valence-electron chi connectivity index (χ0n) is 9.59. The lowest BCUT2D eigenvalue weighted by atomic mass is 10.2. The van der Waals surface area contributed by atoms with Crippen LogP contribution < -0.4 is 0 Å². The number of nitrogens with zero attached hydrogens (tertiary/aromatic N) is 4. The van der Waals surface area contributed by atoms with Crippen molar-refractivity contribution in [2.45, 2.75) is 5.03 Å². The van der Waals surface area contributed by atoms with Gasteiger partial charge in [0, 0.05) is 4.91 Å². The predicted molar refractivity (Wildman–Crippen MR) is 71.1 cm³/mol. The number of fused-ring (bicyclic) bond motifs is 1. The van der Waals surface area contributed by atoms with Gasteiger partial charge in [0.15, 0.2) is 5.03 Å². The lowest BCUT2D eigenvalue weighted by Crippen LogP contribution is -2.04. The third kappa shape index (κ3) is 2.27. The Kier molecular flexibility index (Phi) is 2.88. The van der Waals surface area contributed by atoms with Crippen molar-refractivity contribution < 1.29 is 9.90 Å². The summed E-state index contributed by atoms with van der Waals surface area (Å²) in [5, 5.41) is 20.7. The second-order valence-electron chi connectivity index (χ2n) is 3.74. The second kappa shape index (κ2) is 4.69. The van der Waals surface area contributed by atoms with Crippen LogP contribution in [0.4, 0.5) is 0 Å². The largest absolute Gasteiger partial charge is 0.476 e. The van der Waals surface area contributed by atoms with E-state index in [-0.39, 0.29) is 5.69 Å². The number of hydrogen-bond donors (Lipinski definition) is 1. The highest BCUT2D eigenvalue weighted by atomic mass is 32.2. The number of carboxylic acid groups (broad SMARTS) is 1. The van der Waals surface area contributed by atoms with E-state index in [1.807, 2.05) is 36.4 Å². The van der Waals surface area contributed by atoms with Crippen molar-refractivity contribution in [3.63, 3.8) is 0 Å². The summed E-state index contributed by atoms with van der Waals surface area (Å²) in [5.74, 6) is -1.11. The number of aromatic nitrogens is 3. The number of thioether (sulfide) groups is 1. The molecule has 7 heteroatoms. The predicted octanol–water partition coefficient (Wildman–Crippen LogP) is 1.96. The van der Waals surface area contributed by atoms with Crippen LogP contribution in [0.3, 0.4) is 0 Å². The third-order valence-electron chi connectivity index (χ3n) is 2.43. The van der Waals surface area contributed by atoms with Crippen LogP contribution in [0.5, 0.6) is 0 Å². The van der Waals surface area contributed by atoms with Gasteiger partial charge in [0.2, 0.25) is 5.69 Å². The molecule has 1 aromatic heterocycles. The van der Waals surface area contributed by atoms with E-state index in [2.05, 4.69) is 15.4 Å². The number of carbonyl (C=O) groups is 1. The van der Waals surface area contributed by atoms with Gasteiger partial charge in [-0.15, -0.1) is 9.89 Å². The molecule has 0 unspecified atom stereocenters. The van der Waals surface area contributed by atoms with Crippen LogP contribution in [0.2, 0.25) is 0 Å². The number of benzene rings is 1. The van der Waals surface area contributed by atoms with Gasteiger partial charge >= 0.3 is 5.97 Å². The minimum atomic E-state index is -1.11. The van der Waals surface area contributed by atoms with E-state index in [1.54, 1.807) is 6.21 Å². The molecule has 0 saturated heterocycles. The molecule has 1 aromatic carbocycles. The maximum Gasteiger partial charge on any atom is 0.359 e. The molecule has 0 bridgehead atoms. The van der Waals surface area contributed by atoms with E-state index in [4.69, 9.17) is 5.11 Å². The molecule has 2 heterocycles. The summed E-state index contributed by atoms with van der Waals surface area (Å²) in [5.41, 5.74) is 0.940. The maximum absolute atomic E-state index is 11.0. The zero-order valence-corrected chi connectivity index (χ0v) is 10.4. The molecule has 0 saturated carbocycles. The van der Waals surface area contributed by atoms with Crippen molar-refractivity contribution in [1.82, 2.24) is 15.1 Å². The van der Waals surface area contributed by atoms with Gasteiger partial charge in [-0.05, 0) is 16.9 Å². The van der Waals surface area contributed by atoms with Crippen LogP contribution >= 0.6 is 11.8 Å². The number of hydrogen-bond acceptors (Lipinski definition) is 5. The molecule has 0 spiro atoms. The average Bonchev–Trinajstić information content (AvgIpc) is 2.83. The Bertz CT molecular complexity index is 691. The quantitative estimate of drug-likeness (QED) is 0.903. The normalized spacial score (nSPS) is 15.5. The van der Waals surface area contributed by atoms with E-state index in [0.717, 1.165) is 10.5 Å². The van der Waals surface area contributed by atoms with Crippen molar-refractivity contribution in [3.8, 4) is 0 Å². The topological polar surface area (TPSA) is 80.4 Å². The van der Waals surface area contributed by atoms with Gasteiger partial charge in [0.1, 0.15) is 0 Å². The zero-order chi connectivity index (χ0) is 13.2. The molecular weight excluding hydrogens is 264 g/mol. The fraction of sp³-hybridized carbons (Fsp3) is 0. The Morgan fingerprint density at radius 3 is 2.84 bits per heavy atom. The fourth-order valence-electron chi connectivity index (χ4n) is 1.59. The summed E-state index contributed by atoms with van der Waals surface area (Å²) in [7, 11) is 0. The van der Waals surface area contributed by atoms with Crippen molar-refractivity contribution in [2.75, 3.05) is 0 Å². The summed E-state index contributed by atoms with van der Waals surface area (Å²) < 4.78 is 0. The van der Waals surface area contributed by atoms with Crippen LogP contribution in [0.25, 0.3) is 6.08 Å². The minimum absolute atomic E-state index is 0.0826. The average molecular weight is 272 g/mol. The molecule has 0 atom stereocenters. The first kappa shape index (κ1) is 11.7. The van der Waals surface area contributed by atoms with E-state index >= 15 is 0 Å². The number of carboxylic acids is 1. The molecular formula is C12H8N4O2S. The molecule has 6 nitrogen and oxygen atoms in total. The molecule has 1 aliphatic heterocycles. The molecule has 2 aromatic rings. The van der Waals surface area contributed by atoms with E-state index < -0.39 is 5.97 Å². The van der Waals surface area contributed by atoms with E-state index in [1.165, 1.54) is 16.6 Å².